The quantitative estimate of drug-likeness (QED) is 0.471. The van der Waals surface area contributed by atoms with E-state index >= 15 is 0 Å². The zero-order valence-electron chi connectivity index (χ0n) is 14.6. The third kappa shape index (κ3) is 2.63. The number of rotatable bonds is 3. The summed E-state index contributed by atoms with van der Waals surface area (Å²) in [5.41, 5.74) is 2.82. The van der Waals surface area contributed by atoms with Crippen molar-refractivity contribution in [3.05, 3.63) is 77.1 Å². The molecule has 1 aliphatic rings. The molecule has 0 bridgehead atoms. The Hall–Kier alpha value is -3.63. The normalized spacial score (nSPS) is 11.7. The molecular weight excluding hydrogens is 376 g/mol. The third-order valence-electron chi connectivity index (χ3n) is 4.68. The fourth-order valence-electron chi connectivity index (χ4n) is 3.35. The Morgan fingerprint density at radius 2 is 2.00 bits per heavy atom. The molecule has 0 amide bonds. The number of benzene rings is 2. The number of fused-ring (bicyclic) bond motifs is 5. The van der Waals surface area contributed by atoms with Crippen LogP contribution in [0.15, 0.2) is 54.9 Å². The molecule has 2 aromatic carbocycles. The van der Waals surface area contributed by atoms with Gasteiger partial charge in [-0.1, -0.05) is 29.8 Å². The van der Waals surface area contributed by atoms with Crippen molar-refractivity contribution < 1.29 is 4.74 Å². The molecule has 0 fully saturated rings. The van der Waals surface area contributed by atoms with Crippen molar-refractivity contribution in [2.75, 3.05) is 0 Å². The number of hydrogen-bond donors (Lipinski definition) is 0. The van der Waals surface area contributed by atoms with E-state index in [9.17, 15) is 5.26 Å². The minimum atomic E-state index is 0.253. The predicted octanol–water partition coefficient (Wildman–Crippen LogP) is 3.60. The Labute approximate surface area is 165 Å². The summed E-state index contributed by atoms with van der Waals surface area (Å²) in [6.45, 7) is 0.661. The minimum Gasteiger partial charge on any atom is -0.486 e. The van der Waals surface area contributed by atoms with Gasteiger partial charge in [0.2, 0.25) is 0 Å². The van der Waals surface area contributed by atoms with Crippen LogP contribution in [-0.4, -0.2) is 24.3 Å². The second-order valence-corrected chi connectivity index (χ2v) is 6.75. The molecule has 8 heteroatoms. The van der Waals surface area contributed by atoms with Crippen molar-refractivity contribution in [2.45, 2.75) is 13.2 Å². The number of para-hydroxylation sites is 1. The lowest BCUT2D eigenvalue weighted by Gasteiger charge is -2.09. The summed E-state index contributed by atoms with van der Waals surface area (Å²) in [6, 6.07) is 17.2. The molecule has 2 aromatic heterocycles. The van der Waals surface area contributed by atoms with Crippen LogP contribution in [0.25, 0.3) is 17.1 Å². The number of imidazole rings is 1. The smallest absolute Gasteiger partial charge is 0.171 e. The molecule has 0 saturated carbocycles. The summed E-state index contributed by atoms with van der Waals surface area (Å²) in [5, 5.41) is 18.8. The average Bonchev–Trinajstić information content (AvgIpc) is 3.28. The fraction of sp³-hybridized carbons (Fsp3) is 0.100. The van der Waals surface area contributed by atoms with Gasteiger partial charge in [0.15, 0.2) is 17.3 Å². The third-order valence-corrected chi connectivity index (χ3v) is 4.91. The Morgan fingerprint density at radius 1 is 1.14 bits per heavy atom. The van der Waals surface area contributed by atoms with E-state index in [2.05, 4.69) is 21.3 Å². The Kier molecular flexibility index (Phi) is 3.85. The first kappa shape index (κ1) is 16.5. The molecule has 0 aliphatic carbocycles. The van der Waals surface area contributed by atoms with E-state index in [1.165, 1.54) is 0 Å². The zero-order chi connectivity index (χ0) is 19.1. The maximum absolute atomic E-state index is 9.47. The van der Waals surface area contributed by atoms with Gasteiger partial charge in [-0.3, -0.25) is 4.57 Å². The minimum absolute atomic E-state index is 0.253. The number of aromatic nitrogens is 5. The van der Waals surface area contributed by atoms with E-state index in [4.69, 9.17) is 16.3 Å². The van der Waals surface area contributed by atoms with Gasteiger partial charge >= 0.3 is 0 Å². The lowest BCUT2D eigenvalue weighted by Crippen LogP contribution is -2.10. The van der Waals surface area contributed by atoms with E-state index in [0.29, 0.717) is 28.9 Å². The molecule has 28 heavy (non-hydrogen) atoms. The molecular formula is C20H13ClN6O. The van der Waals surface area contributed by atoms with Gasteiger partial charge in [0, 0.05) is 10.6 Å². The summed E-state index contributed by atoms with van der Waals surface area (Å²) in [7, 11) is 0. The van der Waals surface area contributed by atoms with Gasteiger partial charge in [-0.05, 0) is 30.3 Å². The molecule has 0 radical (unpaired) electrons. The number of nitriles is 1. The van der Waals surface area contributed by atoms with E-state index in [0.717, 1.165) is 22.7 Å². The monoisotopic (exact) mass is 388 g/mol. The highest BCUT2D eigenvalue weighted by atomic mass is 35.5. The van der Waals surface area contributed by atoms with Gasteiger partial charge in [-0.25, -0.2) is 4.98 Å². The summed E-state index contributed by atoms with van der Waals surface area (Å²) in [5.74, 6) is 2.08. The molecule has 0 spiro atoms. The van der Waals surface area contributed by atoms with Gasteiger partial charge in [-0.2, -0.15) is 5.26 Å². The van der Waals surface area contributed by atoms with E-state index < -0.39 is 0 Å². The Balaban J connectivity index is 1.63. The van der Waals surface area contributed by atoms with Crippen LogP contribution in [0.5, 0.6) is 5.75 Å². The van der Waals surface area contributed by atoms with Gasteiger partial charge in [0.25, 0.3) is 0 Å². The highest BCUT2D eigenvalue weighted by molar-refractivity contribution is 6.31. The fourth-order valence-corrected chi connectivity index (χ4v) is 3.52. The topological polar surface area (TPSA) is 81.5 Å². The predicted molar refractivity (Wildman–Crippen MR) is 102 cm³/mol. The van der Waals surface area contributed by atoms with E-state index in [1.54, 1.807) is 6.33 Å². The second-order valence-electron chi connectivity index (χ2n) is 6.31. The standard InChI is InChI=1S/C20H13ClN6O/c21-13-6-7-17-15(8-13)20-25-24-19(11-28-14-4-2-1-3-5-14)26(20)10-18-16(9-22)23-12-27(17)18/h1-8,12H,10-11H2. The summed E-state index contributed by atoms with van der Waals surface area (Å²) in [6.07, 6.45) is 1.65. The highest BCUT2D eigenvalue weighted by Crippen LogP contribution is 2.34. The van der Waals surface area contributed by atoms with Gasteiger partial charge in [0.05, 0.1) is 17.9 Å². The van der Waals surface area contributed by atoms with Crippen LogP contribution in [-0.2, 0) is 13.2 Å². The summed E-state index contributed by atoms with van der Waals surface area (Å²) < 4.78 is 9.71. The maximum Gasteiger partial charge on any atom is 0.171 e. The maximum atomic E-state index is 9.47. The molecule has 0 N–H and O–H groups in total. The summed E-state index contributed by atoms with van der Waals surface area (Å²) in [4.78, 5) is 4.24. The second kappa shape index (κ2) is 6.51. The van der Waals surface area contributed by atoms with Crippen LogP contribution >= 0.6 is 11.6 Å². The van der Waals surface area contributed by atoms with Crippen LogP contribution in [0, 0.1) is 11.3 Å². The summed E-state index contributed by atoms with van der Waals surface area (Å²) >= 11 is 6.24. The van der Waals surface area contributed by atoms with Crippen molar-refractivity contribution >= 4 is 11.6 Å². The average molecular weight is 389 g/mol. The first-order valence-corrected chi connectivity index (χ1v) is 8.99. The van der Waals surface area contributed by atoms with Crippen LogP contribution in [0.2, 0.25) is 5.02 Å². The van der Waals surface area contributed by atoms with Crippen molar-refractivity contribution in [1.82, 2.24) is 24.3 Å². The molecule has 0 atom stereocenters. The number of nitrogens with zero attached hydrogens (tertiary/aromatic N) is 6. The number of ether oxygens (including phenoxy) is 1. The molecule has 5 rings (SSSR count). The lowest BCUT2D eigenvalue weighted by atomic mass is 10.1. The van der Waals surface area contributed by atoms with Crippen molar-refractivity contribution in [3.8, 4) is 28.9 Å². The molecule has 0 unspecified atom stereocenters. The van der Waals surface area contributed by atoms with Crippen LogP contribution in [0.4, 0.5) is 0 Å². The van der Waals surface area contributed by atoms with Gasteiger partial charge in [0.1, 0.15) is 24.8 Å². The largest absolute Gasteiger partial charge is 0.486 e. The van der Waals surface area contributed by atoms with Crippen molar-refractivity contribution in [3.63, 3.8) is 0 Å². The van der Waals surface area contributed by atoms with E-state index in [-0.39, 0.29) is 6.61 Å². The van der Waals surface area contributed by atoms with E-state index in [1.807, 2.05) is 57.7 Å². The molecule has 3 heterocycles. The molecule has 136 valence electrons. The Bertz CT molecular complexity index is 1220. The SMILES string of the molecule is N#Cc1ncn2c1Cn1c(COc3ccccc3)nnc1-c1cc(Cl)ccc1-2. The van der Waals surface area contributed by atoms with Crippen molar-refractivity contribution in [2.24, 2.45) is 0 Å². The number of hydrogen-bond acceptors (Lipinski definition) is 5. The molecule has 7 nitrogen and oxygen atoms in total. The van der Waals surface area contributed by atoms with Crippen molar-refractivity contribution in [1.29, 1.82) is 5.26 Å². The molecule has 0 saturated heterocycles. The van der Waals surface area contributed by atoms with Crippen LogP contribution in [0.1, 0.15) is 17.2 Å². The Morgan fingerprint density at radius 3 is 2.82 bits per heavy atom. The first-order valence-electron chi connectivity index (χ1n) is 8.61. The lowest BCUT2D eigenvalue weighted by molar-refractivity contribution is 0.290. The van der Waals surface area contributed by atoms with Crippen LogP contribution in [0.3, 0.4) is 0 Å². The van der Waals surface area contributed by atoms with Gasteiger partial charge < -0.3 is 9.30 Å². The first-order chi connectivity index (χ1) is 13.7. The highest BCUT2D eigenvalue weighted by Gasteiger charge is 2.26. The zero-order valence-corrected chi connectivity index (χ0v) is 15.3. The van der Waals surface area contributed by atoms with Crippen LogP contribution < -0.4 is 4.74 Å². The number of halogens is 1. The van der Waals surface area contributed by atoms with Gasteiger partial charge in [-0.15, -0.1) is 10.2 Å². The molecule has 1 aliphatic heterocycles. The molecule has 4 aromatic rings.